The van der Waals surface area contributed by atoms with E-state index in [2.05, 4.69) is 10.6 Å². The number of anilines is 1. The molecule has 0 bridgehead atoms. The van der Waals surface area contributed by atoms with Gasteiger partial charge in [-0.3, -0.25) is 9.59 Å². The van der Waals surface area contributed by atoms with E-state index in [1.54, 1.807) is 24.3 Å². The highest BCUT2D eigenvalue weighted by Gasteiger charge is 2.22. The Balaban J connectivity index is 2.16. The zero-order valence-electron chi connectivity index (χ0n) is 16.7. The van der Waals surface area contributed by atoms with Gasteiger partial charge < -0.3 is 15.5 Å². The van der Waals surface area contributed by atoms with Crippen LogP contribution < -0.4 is 10.6 Å². The number of benzene rings is 2. The Labute approximate surface area is 161 Å². The Kier molecular flexibility index (Phi) is 6.75. The van der Waals surface area contributed by atoms with E-state index >= 15 is 0 Å². The van der Waals surface area contributed by atoms with Gasteiger partial charge in [-0.15, -0.1) is 0 Å². The summed E-state index contributed by atoms with van der Waals surface area (Å²) in [4.78, 5) is 27.0. The maximum absolute atomic E-state index is 12.8. The molecule has 5 nitrogen and oxygen atoms in total. The molecule has 0 aromatic heterocycles. The zero-order valence-corrected chi connectivity index (χ0v) is 16.7. The van der Waals surface area contributed by atoms with Crippen molar-refractivity contribution in [3.63, 3.8) is 0 Å². The summed E-state index contributed by atoms with van der Waals surface area (Å²) in [6.07, 6.45) is 0. The maximum Gasteiger partial charge on any atom is 0.251 e. The summed E-state index contributed by atoms with van der Waals surface area (Å²) in [7, 11) is 3.95. The van der Waals surface area contributed by atoms with Crippen molar-refractivity contribution in [3.8, 4) is 0 Å². The van der Waals surface area contributed by atoms with Crippen molar-refractivity contribution in [3.05, 3.63) is 65.7 Å². The molecule has 0 radical (unpaired) electrons. The molecule has 0 aliphatic carbocycles. The van der Waals surface area contributed by atoms with E-state index in [4.69, 9.17) is 0 Å². The first-order chi connectivity index (χ1) is 12.7. The summed E-state index contributed by atoms with van der Waals surface area (Å²) in [6.45, 7) is 6.25. The Morgan fingerprint density at radius 3 is 2.26 bits per heavy atom. The van der Waals surface area contributed by atoms with Gasteiger partial charge in [-0.2, -0.15) is 0 Å². The number of likely N-dealkylation sites (N-methyl/N-ethyl adjacent to an activating group) is 1. The van der Waals surface area contributed by atoms with Crippen LogP contribution in [0.5, 0.6) is 0 Å². The molecule has 0 fully saturated rings. The minimum absolute atomic E-state index is 0.0881. The van der Waals surface area contributed by atoms with Gasteiger partial charge in [-0.1, -0.05) is 57.2 Å². The number of hydrogen-bond acceptors (Lipinski definition) is 3. The number of carbonyl (C=O) groups excluding carboxylic acids is 2. The normalized spacial score (nSPS) is 12.5. The molecule has 0 heterocycles. The smallest absolute Gasteiger partial charge is 0.251 e. The highest BCUT2D eigenvalue weighted by atomic mass is 16.2. The van der Waals surface area contributed by atoms with E-state index in [9.17, 15) is 9.59 Å². The maximum atomic E-state index is 12.8. The average Bonchev–Trinajstić information content (AvgIpc) is 2.61. The van der Waals surface area contributed by atoms with Crippen molar-refractivity contribution in [1.82, 2.24) is 10.2 Å². The summed E-state index contributed by atoms with van der Waals surface area (Å²) < 4.78 is 0. The Morgan fingerprint density at radius 2 is 1.67 bits per heavy atom. The average molecular weight is 367 g/mol. The quantitative estimate of drug-likeness (QED) is 0.818. The lowest BCUT2D eigenvalue weighted by Crippen LogP contribution is -2.35. The highest BCUT2D eigenvalue weighted by molar-refractivity contribution is 5.98. The Morgan fingerprint density at radius 1 is 1.00 bits per heavy atom. The van der Waals surface area contributed by atoms with Gasteiger partial charge in [0.2, 0.25) is 5.91 Å². The first-order valence-corrected chi connectivity index (χ1v) is 9.09. The molecule has 5 heteroatoms. The minimum Gasteiger partial charge on any atom is -0.344 e. The lowest BCUT2D eigenvalue weighted by molar-refractivity contribution is -0.123. The van der Waals surface area contributed by atoms with Crippen LogP contribution in [-0.2, 0) is 4.79 Å². The number of rotatable bonds is 6. The van der Waals surface area contributed by atoms with Gasteiger partial charge >= 0.3 is 0 Å². The molecular weight excluding hydrogens is 338 g/mol. The Bertz CT molecular complexity index is 780. The Hall–Kier alpha value is -2.66. The van der Waals surface area contributed by atoms with Crippen LogP contribution in [0.25, 0.3) is 0 Å². The molecule has 27 heavy (non-hydrogen) atoms. The van der Waals surface area contributed by atoms with Crippen LogP contribution in [0.1, 0.15) is 42.7 Å². The largest absolute Gasteiger partial charge is 0.344 e. The summed E-state index contributed by atoms with van der Waals surface area (Å²) in [5, 5.41) is 5.97. The fraction of sp³-hybridized carbons (Fsp3) is 0.364. The van der Waals surface area contributed by atoms with Crippen LogP contribution in [0.4, 0.5) is 5.69 Å². The van der Waals surface area contributed by atoms with Gasteiger partial charge in [-0.05, 0) is 37.9 Å². The monoisotopic (exact) mass is 367 g/mol. The molecule has 2 aromatic carbocycles. The van der Waals surface area contributed by atoms with Crippen LogP contribution in [-0.4, -0.2) is 37.4 Å². The van der Waals surface area contributed by atoms with Gasteiger partial charge in [-0.25, -0.2) is 0 Å². The lowest BCUT2D eigenvalue weighted by Gasteiger charge is -2.23. The molecule has 0 unspecified atom stereocenters. The predicted octanol–water partition coefficient (Wildman–Crippen LogP) is 3.70. The van der Waals surface area contributed by atoms with Gasteiger partial charge in [0.25, 0.3) is 5.91 Å². The lowest BCUT2D eigenvalue weighted by atomic mass is 9.95. The van der Waals surface area contributed by atoms with Crippen LogP contribution in [0.15, 0.2) is 54.6 Å². The number of nitrogens with zero attached hydrogens (tertiary/aromatic N) is 1. The predicted molar refractivity (Wildman–Crippen MR) is 110 cm³/mol. The third kappa shape index (κ3) is 6.22. The SMILES string of the molecule is CN(C)C[C@H](NC(=O)c1cccc(NC(=O)C(C)(C)C)c1)c1ccccc1. The highest BCUT2D eigenvalue weighted by Crippen LogP contribution is 2.19. The zero-order chi connectivity index (χ0) is 20.0. The molecule has 2 amide bonds. The van der Waals surface area contributed by atoms with E-state index in [-0.39, 0.29) is 17.9 Å². The second-order valence-corrected chi connectivity index (χ2v) is 7.98. The molecule has 144 valence electrons. The van der Waals surface area contributed by atoms with E-state index in [0.29, 0.717) is 17.8 Å². The molecule has 0 saturated heterocycles. The second-order valence-electron chi connectivity index (χ2n) is 7.98. The molecule has 0 saturated carbocycles. The van der Waals surface area contributed by atoms with Gasteiger partial charge in [0, 0.05) is 23.2 Å². The van der Waals surface area contributed by atoms with Crippen molar-refractivity contribution in [2.45, 2.75) is 26.8 Å². The van der Waals surface area contributed by atoms with E-state index in [1.807, 2.05) is 70.1 Å². The molecule has 2 N–H and O–H groups in total. The third-order valence-corrected chi connectivity index (χ3v) is 4.12. The van der Waals surface area contributed by atoms with Crippen LogP contribution in [0.2, 0.25) is 0 Å². The first kappa shape index (κ1) is 20.6. The summed E-state index contributed by atoms with van der Waals surface area (Å²) in [5.41, 5.74) is 1.69. The fourth-order valence-electron chi connectivity index (χ4n) is 2.58. The molecule has 0 spiro atoms. The molecule has 0 aliphatic heterocycles. The van der Waals surface area contributed by atoms with Crippen molar-refractivity contribution >= 4 is 17.5 Å². The number of carbonyl (C=O) groups is 2. The third-order valence-electron chi connectivity index (χ3n) is 4.12. The molecular formula is C22H29N3O2. The van der Waals surface area contributed by atoms with Crippen LogP contribution in [0.3, 0.4) is 0 Å². The van der Waals surface area contributed by atoms with Gasteiger partial charge in [0.1, 0.15) is 0 Å². The number of hydrogen-bond donors (Lipinski definition) is 2. The molecule has 1 atom stereocenters. The summed E-state index contributed by atoms with van der Waals surface area (Å²) in [6, 6.07) is 16.8. The van der Waals surface area contributed by atoms with E-state index in [1.165, 1.54) is 0 Å². The van der Waals surface area contributed by atoms with Crippen molar-refractivity contribution in [1.29, 1.82) is 0 Å². The molecule has 2 rings (SSSR count). The second kappa shape index (κ2) is 8.82. The fourth-order valence-corrected chi connectivity index (χ4v) is 2.58. The van der Waals surface area contributed by atoms with Crippen molar-refractivity contribution in [2.75, 3.05) is 26.0 Å². The number of amides is 2. The van der Waals surface area contributed by atoms with Crippen LogP contribution >= 0.6 is 0 Å². The number of nitrogens with one attached hydrogen (secondary N) is 2. The van der Waals surface area contributed by atoms with Crippen molar-refractivity contribution in [2.24, 2.45) is 5.41 Å². The molecule has 2 aromatic rings. The summed E-state index contributed by atoms with van der Waals surface area (Å²) >= 11 is 0. The van der Waals surface area contributed by atoms with Crippen LogP contribution in [0, 0.1) is 5.41 Å². The minimum atomic E-state index is -0.498. The van der Waals surface area contributed by atoms with E-state index < -0.39 is 5.41 Å². The molecule has 0 aliphatic rings. The first-order valence-electron chi connectivity index (χ1n) is 9.09. The van der Waals surface area contributed by atoms with Gasteiger partial charge in [0.05, 0.1) is 6.04 Å². The topological polar surface area (TPSA) is 61.4 Å². The summed E-state index contributed by atoms with van der Waals surface area (Å²) in [5.74, 6) is -0.257. The van der Waals surface area contributed by atoms with Crippen molar-refractivity contribution < 1.29 is 9.59 Å². The standard InChI is InChI=1S/C22H29N3O2/c1-22(2,3)21(27)23-18-13-9-12-17(14-18)20(26)24-19(15-25(4)5)16-10-7-6-8-11-16/h6-14,19H,15H2,1-5H3,(H,23,27)(H,24,26)/t19-/m0/s1. The van der Waals surface area contributed by atoms with Gasteiger partial charge in [0.15, 0.2) is 0 Å². The van der Waals surface area contributed by atoms with E-state index in [0.717, 1.165) is 5.56 Å².